The number of allylic oxidation sites excluding steroid dienone is 1. The molecule has 4 aromatic carbocycles. The number of carbonyl (C=O) groups excluding carboxylic acids is 1. The molecule has 6 atom stereocenters. The Labute approximate surface area is 369 Å². The van der Waals surface area contributed by atoms with E-state index in [1.54, 1.807) is 13.2 Å². The number of benzene rings is 4. The first-order valence-corrected chi connectivity index (χ1v) is 25.9. The van der Waals surface area contributed by atoms with Crippen molar-refractivity contribution in [2.45, 2.75) is 107 Å². The summed E-state index contributed by atoms with van der Waals surface area (Å²) < 4.78 is 52.0. The van der Waals surface area contributed by atoms with Crippen molar-refractivity contribution in [1.82, 2.24) is 4.72 Å². The minimum absolute atomic E-state index is 0.0978. The molecule has 1 amide bonds. The Morgan fingerprint density at radius 3 is 2.34 bits per heavy atom. The van der Waals surface area contributed by atoms with Crippen molar-refractivity contribution in [3.8, 4) is 5.75 Å². The number of rotatable bonds is 7. The number of nitrogens with zero attached hydrogens (tertiary/aromatic N) is 1. The molecule has 8 nitrogen and oxygen atoms in total. The smallest absolute Gasteiger partial charge is 0.264 e. The number of aryl methyl sites for hydroxylation is 1. The third-order valence-corrected chi connectivity index (χ3v) is 21.1. The Hall–Kier alpha value is -3.93. The molecular weight excluding hydrogens is 820 g/mol. The van der Waals surface area contributed by atoms with Gasteiger partial charge in [-0.05, 0) is 127 Å². The highest BCUT2D eigenvalue weighted by Crippen LogP contribution is 2.47. The van der Waals surface area contributed by atoms with Gasteiger partial charge in [0.25, 0.3) is 14.2 Å². The maximum Gasteiger partial charge on any atom is 0.264 e. The van der Waals surface area contributed by atoms with Crippen LogP contribution in [0.4, 0.5) is 5.69 Å². The van der Waals surface area contributed by atoms with Crippen molar-refractivity contribution in [1.29, 1.82) is 0 Å². The van der Waals surface area contributed by atoms with Crippen molar-refractivity contribution in [3.05, 3.63) is 131 Å². The van der Waals surface area contributed by atoms with Crippen LogP contribution in [0.15, 0.2) is 109 Å². The van der Waals surface area contributed by atoms with Crippen LogP contribution in [0.25, 0.3) is 0 Å². The second kappa shape index (κ2) is 17.7. The van der Waals surface area contributed by atoms with Gasteiger partial charge < -0.3 is 18.8 Å². The molecule has 4 aliphatic rings. The van der Waals surface area contributed by atoms with Crippen LogP contribution in [0.5, 0.6) is 5.75 Å². The number of fused-ring (bicyclic) bond motifs is 4. The number of nitrogens with one attached hydrogen (secondary N) is 1. The predicted molar refractivity (Wildman–Crippen MR) is 249 cm³/mol. The summed E-state index contributed by atoms with van der Waals surface area (Å²) in [5.41, 5.74) is 3.36. The summed E-state index contributed by atoms with van der Waals surface area (Å²) in [6.45, 7) is 10.6. The van der Waals surface area contributed by atoms with Crippen LogP contribution in [0.1, 0.15) is 94.1 Å². The monoisotopic (exact) mass is 880 g/mol. The van der Waals surface area contributed by atoms with E-state index in [0.29, 0.717) is 43.6 Å². The first kappa shape index (κ1) is 43.7. The lowest BCUT2D eigenvalue weighted by Gasteiger charge is -2.46. The zero-order chi connectivity index (χ0) is 43.0. The fourth-order valence-corrected chi connectivity index (χ4v) is 17.2. The fraction of sp³-hybridized carbons (Fsp3) is 0.460. The minimum Gasteiger partial charge on any atom is -0.490 e. The van der Waals surface area contributed by atoms with Crippen LogP contribution in [0, 0.1) is 11.8 Å². The van der Waals surface area contributed by atoms with Crippen molar-refractivity contribution in [2.24, 2.45) is 11.8 Å². The molecule has 0 saturated heterocycles. The van der Waals surface area contributed by atoms with E-state index in [1.165, 1.54) is 11.1 Å². The molecule has 2 heterocycles. The van der Waals surface area contributed by atoms with Crippen LogP contribution in [-0.4, -0.2) is 66.9 Å². The third-order valence-electron chi connectivity index (χ3n) is 14.0. The van der Waals surface area contributed by atoms with Gasteiger partial charge in [-0.25, -0.2) is 13.1 Å². The number of methoxy groups -OCH3 is 1. The number of anilines is 1. The number of hydrogen-bond acceptors (Lipinski definition) is 7. The van der Waals surface area contributed by atoms with Crippen molar-refractivity contribution < 1.29 is 27.1 Å². The summed E-state index contributed by atoms with van der Waals surface area (Å²) in [6.07, 6.45) is 9.79. The Morgan fingerprint density at radius 2 is 1.69 bits per heavy atom. The molecule has 1 saturated carbocycles. The van der Waals surface area contributed by atoms with Crippen LogP contribution in [0.3, 0.4) is 0 Å². The zero-order valence-corrected chi connectivity index (χ0v) is 38.8. The van der Waals surface area contributed by atoms with Crippen LogP contribution in [0.2, 0.25) is 10.1 Å². The summed E-state index contributed by atoms with van der Waals surface area (Å²) in [7, 11) is -5.39. The molecule has 2 bridgehead atoms. The molecule has 1 spiro atoms. The molecule has 0 unspecified atom stereocenters. The molecule has 0 aromatic heterocycles. The molecule has 2 aliphatic heterocycles. The summed E-state index contributed by atoms with van der Waals surface area (Å²) in [5.74, 6) is 0.725. The van der Waals surface area contributed by atoms with E-state index in [-0.39, 0.29) is 28.5 Å². The fourth-order valence-electron chi connectivity index (χ4n) is 10.8. The Kier molecular flexibility index (Phi) is 12.7. The van der Waals surface area contributed by atoms with Gasteiger partial charge in [-0.3, -0.25) is 4.79 Å². The van der Waals surface area contributed by atoms with E-state index in [1.807, 2.05) is 61.5 Å². The van der Waals surface area contributed by atoms with Gasteiger partial charge in [-0.15, -0.1) is 0 Å². The van der Waals surface area contributed by atoms with Crippen LogP contribution < -0.4 is 24.7 Å². The third kappa shape index (κ3) is 8.72. The van der Waals surface area contributed by atoms with E-state index >= 15 is 0 Å². The topological polar surface area (TPSA) is 94.2 Å². The lowest BCUT2D eigenvalue weighted by atomic mass is 9.68. The largest absolute Gasteiger partial charge is 0.490 e. The van der Waals surface area contributed by atoms with Gasteiger partial charge in [0.15, 0.2) is 0 Å². The van der Waals surface area contributed by atoms with E-state index in [2.05, 4.69) is 78.9 Å². The molecular formula is C50H61ClN2O6SSi. The highest BCUT2D eigenvalue weighted by atomic mass is 35.5. The summed E-state index contributed by atoms with van der Waals surface area (Å²) in [4.78, 5) is 16.6. The summed E-state index contributed by atoms with van der Waals surface area (Å²) in [5, 5.41) is 1.80. The van der Waals surface area contributed by atoms with E-state index in [9.17, 15) is 13.2 Å². The average molecular weight is 882 g/mol. The Balaban J connectivity index is 1.13. The molecule has 11 heteroatoms. The molecule has 0 radical (unpaired) electrons. The lowest BCUT2D eigenvalue weighted by Crippen LogP contribution is -2.67. The van der Waals surface area contributed by atoms with E-state index < -0.39 is 35.6 Å². The molecule has 4 aromatic rings. The normalized spacial score (nSPS) is 26.4. The van der Waals surface area contributed by atoms with Gasteiger partial charge in [0, 0.05) is 42.3 Å². The maximum absolute atomic E-state index is 14.6. The van der Waals surface area contributed by atoms with Gasteiger partial charge >= 0.3 is 0 Å². The number of amides is 1. The quantitative estimate of drug-likeness (QED) is 0.146. The summed E-state index contributed by atoms with van der Waals surface area (Å²) >= 11 is 6.50. The second-order valence-corrected chi connectivity index (χ2v) is 25.6. The average Bonchev–Trinajstić information content (AvgIpc) is 3.38. The highest BCUT2D eigenvalue weighted by Gasteiger charge is 2.51. The number of hydrogen-bond donors (Lipinski definition) is 1. The lowest BCUT2D eigenvalue weighted by molar-refractivity contribution is 0.0131. The second-order valence-electron chi connectivity index (χ2n) is 18.9. The molecule has 61 heavy (non-hydrogen) atoms. The first-order chi connectivity index (χ1) is 29.2. The minimum atomic E-state index is -4.18. The van der Waals surface area contributed by atoms with Gasteiger partial charge in [0.2, 0.25) is 10.0 Å². The van der Waals surface area contributed by atoms with E-state index in [0.717, 1.165) is 59.7 Å². The van der Waals surface area contributed by atoms with E-state index in [4.69, 9.17) is 25.5 Å². The van der Waals surface area contributed by atoms with Crippen LogP contribution in [-0.2, 0) is 31.0 Å². The van der Waals surface area contributed by atoms with Crippen LogP contribution >= 0.6 is 11.6 Å². The van der Waals surface area contributed by atoms with Gasteiger partial charge in [-0.2, -0.15) is 0 Å². The summed E-state index contributed by atoms with van der Waals surface area (Å²) in [6, 6.07) is 32.4. The number of carbonyl (C=O) groups is 1. The molecule has 324 valence electrons. The number of sulfonamides is 1. The molecule has 1 fully saturated rings. The first-order valence-electron chi connectivity index (χ1n) is 22.1. The molecule has 8 rings (SSSR count). The predicted octanol–water partition coefficient (Wildman–Crippen LogP) is 8.99. The van der Waals surface area contributed by atoms with Gasteiger partial charge in [-0.1, -0.05) is 111 Å². The number of halogens is 1. The SMILES string of the molecule is CO[C@H]1/C=C\CC[C@H](C[C@@H](C)O[Si](c2ccccc2)(c2ccccc2)C(C)(C)C)S(=O)(=O)NC(=O)c2ccc3c(c2)N(C[C@@H]2CC[C@H]21)C[C@@]1(CCCc2cc(Cl)ccc21)CO3. The molecule has 1 N–H and O–H groups in total. The molecule has 2 aliphatic carbocycles. The van der Waals surface area contributed by atoms with Crippen molar-refractivity contribution in [2.75, 3.05) is 31.7 Å². The van der Waals surface area contributed by atoms with Crippen molar-refractivity contribution in [3.63, 3.8) is 0 Å². The van der Waals surface area contributed by atoms with Gasteiger partial charge in [0.1, 0.15) is 5.75 Å². The standard InChI is InChI=1S/C50H61ClN2O6SSi/c1-35(59-61(49(2,3)4,41-17-8-6-9-18-41)42-19-10-7-11-20-42)29-40-16-12-13-21-46(57-5)43-25-22-38(43)32-53-33-50(28-14-15-36-30-39(51)24-26-44(36)50)34-58-47-27-23-37(31-45(47)53)48(54)52-60(40,55)56/h6-11,13,17-21,23-24,26-27,30-31,35,38,40,43,46H,12,14-16,22,25,28-29,32-34H2,1-5H3,(H,52,54)/b21-13-/t35-,38+,40-,43-,46+,50+/m1/s1. The zero-order valence-electron chi connectivity index (χ0n) is 36.2. The maximum atomic E-state index is 14.6. The highest BCUT2D eigenvalue weighted by molar-refractivity contribution is 7.90. The Bertz CT molecular complexity index is 2300. The van der Waals surface area contributed by atoms with Gasteiger partial charge in [0.05, 0.1) is 23.6 Å². The Morgan fingerprint density at radius 1 is 0.967 bits per heavy atom. The van der Waals surface area contributed by atoms with Crippen molar-refractivity contribution >= 4 is 51.9 Å². The number of ether oxygens (including phenoxy) is 2.